The summed E-state index contributed by atoms with van der Waals surface area (Å²) in [5.41, 5.74) is 4.47. The molecule has 4 nitrogen and oxygen atoms in total. The van der Waals surface area contributed by atoms with Gasteiger partial charge in [0.15, 0.2) is 0 Å². The maximum absolute atomic E-state index is 13.7. The molecule has 0 bridgehead atoms. The van der Waals surface area contributed by atoms with Crippen LogP contribution in [0.1, 0.15) is 42.0 Å². The summed E-state index contributed by atoms with van der Waals surface area (Å²) in [6, 6.07) is 25.5. The van der Waals surface area contributed by atoms with Crippen molar-refractivity contribution >= 4 is 39.5 Å². The van der Waals surface area contributed by atoms with E-state index in [1.54, 1.807) is 16.7 Å². The summed E-state index contributed by atoms with van der Waals surface area (Å²) >= 11 is 5.13. The van der Waals surface area contributed by atoms with Crippen LogP contribution >= 0.6 is 27.7 Å². The van der Waals surface area contributed by atoms with Crippen LogP contribution in [0.15, 0.2) is 83.3 Å². The molecule has 1 atom stereocenters. The van der Waals surface area contributed by atoms with Crippen LogP contribution in [0, 0.1) is 6.92 Å². The van der Waals surface area contributed by atoms with E-state index in [9.17, 15) is 9.59 Å². The molecule has 36 heavy (non-hydrogen) atoms. The number of aryl methyl sites for hydroxylation is 1. The van der Waals surface area contributed by atoms with Crippen LogP contribution < -0.4 is 5.32 Å². The molecule has 0 fully saturated rings. The van der Waals surface area contributed by atoms with Gasteiger partial charge in [0.05, 0.1) is 5.75 Å². The summed E-state index contributed by atoms with van der Waals surface area (Å²) < 4.78 is 0.952. The fraction of sp³-hybridized carbons (Fsp3) is 0.333. The Morgan fingerprint density at radius 2 is 1.69 bits per heavy atom. The number of hydrogen-bond acceptors (Lipinski definition) is 3. The van der Waals surface area contributed by atoms with Gasteiger partial charge >= 0.3 is 0 Å². The maximum Gasteiger partial charge on any atom is 0.243 e. The van der Waals surface area contributed by atoms with Crippen molar-refractivity contribution < 1.29 is 9.59 Å². The smallest absolute Gasteiger partial charge is 0.243 e. The topological polar surface area (TPSA) is 49.4 Å². The van der Waals surface area contributed by atoms with Gasteiger partial charge in [-0.05, 0) is 47.7 Å². The first-order valence-electron chi connectivity index (χ1n) is 12.5. The minimum absolute atomic E-state index is 0.0277. The zero-order valence-corrected chi connectivity index (χ0v) is 23.5. The average Bonchev–Trinajstić information content (AvgIpc) is 2.88. The Morgan fingerprint density at radius 3 is 2.42 bits per heavy atom. The van der Waals surface area contributed by atoms with Crippen LogP contribution in [0.25, 0.3) is 0 Å². The van der Waals surface area contributed by atoms with Crippen LogP contribution in [0.3, 0.4) is 0 Å². The molecule has 0 aliphatic heterocycles. The molecule has 0 aliphatic rings. The highest BCUT2D eigenvalue weighted by atomic mass is 79.9. The zero-order chi connectivity index (χ0) is 25.8. The Morgan fingerprint density at radius 1 is 0.972 bits per heavy atom. The van der Waals surface area contributed by atoms with Gasteiger partial charge in [-0.25, -0.2) is 0 Å². The Bertz CT molecular complexity index is 1120. The van der Waals surface area contributed by atoms with Gasteiger partial charge in [-0.15, -0.1) is 11.8 Å². The highest BCUT2D eigenvalue weighted by molar-refractivity contribution is 9.10. The van der Waals surface area contributed by atoms with E-state index >= 15 is 0 Å². The monoisotopic (exact) mass is 566 g/mol. The van der Waals surface area contributed by atoms with Gasteiger partial charge in [0.25, 0.3) is 0 Å². The van der Waals surface area contributed by atoms with E-state index in [-0.39, 0.29) is 11.8 Å². The quantitative estimate of drug-likeness (QED) is 0.239. The van der Waals surface area contributed by atoms with Gasteiger partial charge < -0.3 is 10.2 Å². The zero-order valence-electron chi connectivity index (χ0n) is 21.1. The Hall–Kier alpha value is -2.57. The van der Waals surface area contributed by atoms with Crippen molar-refractivity contribution in [1.29, 1.82) is 0 Å². The van der Waals surface area contributed by atoms with Crippen LogP contribution in [0.5, 0.6) is 0 Å². The normalized spacial score (nSPS) is 11.6. The summed E-state index contributed by atoms with van der Waals surface area (Å²) in [6.07, 6.45) is 2.39. The van der Waals surface area contributed by atoms with Crippen molar-refractivity contribution in [3.63, 3.8) is 0 Å². The summed E-state index contributed by atoms with van der Waals surface area (Å²) in [5, 5.41) is 3.08. The van der Waals surface area contributed by atoms with Crippen LogP contribution in [-0.2, 0) is 28.3 Å². The van der Waals surface area contributed by atoms with Crippen molar-refractivity contribution in [3.05, 3.63) is 106 Å². The first-order chi connectivity index (χ1) is 17.5. The molecule has 0 saturated heterocycles. The number of hydrogen-bond donors (Lipinski definition) is 1. The van der Waals surface area contributed by atoms with Gasteiger partial charge in [0, 0.05) is 29.7 Å². The second kappa shape index (κ2) is 14.9. The number of amides is 2. The third-order valence-corrected chi connectivity index (χ3v) is 7.55. The standard InChI is InChI=1S/C30H35BrN2O2S/c1-3-4-17-32-30(35)28(19-24-12-6-5-7-13-24)33(20-25-14-10-16-27(31)18-25)29(34)22-36-21-26-15-9-8-11-23(26)2/h5-16,18,28H,3-4,17,19-22H2,1-2H3,(H,32,35)/t28-/m1/s1. The fourth-order valence-corrected chi connectivity index (χ4v) is 5.43. The number of thioether (sulfide) groups is 1. The minimum Gasteiger partial charge on any atom is -0.354 e. The second-order valence-corrected chi connectivity index (χ2v) is 10.8. The number of carbonyl (C=O) groups is 2. The number of rotatable bonds is 13. The molecular weight excluding hydrogens is 532 g/mol. The summed E-state index contributed by atoms with van der Waals surface area (Å²) in [7, 11) is 0. The van der Waals surface area contributed by atoms with Crippen molar-refractivity contribution in [2.24, 2.45) is 0 Å². The molecule has 0 unspecified atom stereocenters. The first kappa shape index (κ1) is 28.0. The molecule has 3 rings (SSSR count). The van der Waals surface area contributed by atoms with Crippen molar-refractivity contribution in [2.45, 2.75) is 51.4 Å². The number of halogens is 1. The van der Waals surface area contributed by atoms with E-state index in [2.05, 4.69) is 47.2 Å². The number of benzene rings is 3. The molecule has 3 aromatic rings. The predicted octanol–water partition coefficient (Wildman–Crippen LogP) is 6.55. The minimum atomic E-state index is -0.588. The lowest BCUT2D eigenvalue weighted by Crippen LogP contribution is -2.51. The fourth-order valence-electron chi connectivity index (χ4n) is 4.00. The second-order valence-electron chi connectivity index (χ2n) is 8.92. The molecule has 0 aliphatic carbocycles. The van der Waals surface area contributed by atoms with Crippen molar-refractivity contribution in [3.8, 4) is 0 Å². The molecule has 3 aromatic carbocycles. The molecule has 0 spiro atoms. The Kier molecular flexibility index (Phi) is 11.6. The van der Waals surface area contributed by atoms with E-state index in [0.717, 1.165) is 34.2 Å². The average molecular weight is 568 g/mol. The Balaban J connectivity index is 1.84. The SMILES string of the molecule is CCCCNC(=O)[C@@H](Cc1ccccc1)N(Cc1cccc(Br)c1)C(=O)CSCc1ccccc1C. The maximum atomic E-state index is 13.7. The van der Waals surface area contributed by atoms with Gasteiger partial charge in [0.1, 0.15) is 6.04 Å². The van der Waals surface area contributed by atoms with E-state index in [1.807, 2.05) is 66.7 Å². The molecule has 1 N–H and O–H groups in total. The third kappa shape index (κ3) is 8.82. The lowest BCUT2D eigenvalue weighted by Gasteiger charge is -2.31. The van der Waals surface area contributed by atoms with Gasteiger partial charge in [-0.2, -0.15) is 0 Å². The highest BCUT2D eigenvalue weighted by Crippen LogP contribution is 2.21. The summed E-state index contributed by atoms with van der Waals surface area (Å²) in [6.45, 7) is 5.18. The van der Waals surface area contributed by atoms with E-state index in [4.69, 9.17) is 0 Å². The van der Waals surface area contributed by atoms with E-state index in [1.165, 1.54) is 11.1 Å². The number of nitrogens with zero attached hydrogens (tertiary/aromatic N) is 1. The van der Waals surface area contributed by atoms with Crippen LogP contribution in [-0.4, -0.2) is 35.1 Å². The molecule has 0 saturated carbocycles. The largest absolute Gasteiger partial charge is 0.354 e. The predicted molar refractivity (Wildman–Crippen MR) is 154 cm³/mol. The molecular formula is C30H35BrN2O2S. The molecule has 190 valence electrons. The highest BCUT2D eigenvalue weighted by Gasteiger charge is 2.30. The molecule has 6 heteroatoms. The van der Waals surface area contributed by atoms with Gasteiger partial charge in [-0.3, -0.25) is 9.59 Å². The van der Waals surface area contributed by atoms with E-state index in [0.29, 0.717) is 25.3 Å². The molecule has 0 heterocycles. The van der Waals surface area contributed by atoms with Crippen LogP contribution in [0.4, 0.5) is 0 Å². The lowest BCUT2D eigenvalue weighted by molar-refractivity contribution is -0.139. The Labute approximate surface area is 228 Å². The first-order valence-corrected chi connectivity index (χ1v) is 14.4. The number of unbranched alkanes of at least 4 members (excludes halogenated alkanes) is 1. The van der Waals surface area contributed by atoms with Crippen molar-refractivity contribution in [2.75, 3.05) is 12.3 Å². The molecule has 0 aromatic heterocycles. The number of nitrogens with one attached hydrogen (secondary N) is 1. The summed E-state index contributed by atoms with van der Waals surface area (Å²) in [5.74, 6) is 0.949. The summed E-state index contributed by atoms with van der Waals surface area (Å²) in [4.78, 5) is 28.9. The van der Waals surface area contributed by atoms with E-state index < -0.39 is 6.04 Å². The van der Waals surface area contributed by atoms with Crippen molar-refractivity contribution in [1.82, 2.24) is 10.2 Å². The third-order valence-electron chi connectivity index (χ3n) is 6.09. The van der Waals surface area contributed by atoms with Gasteiger partial charge in [-0.1, -0.05) is 96.0 Å². The van der Waals surface area contributed by atoms with Gasteiger partial charge in [0.2, 0.25) is 11.8 Å². The number of carbonyl (C=O) groups excluding carboxylic acids is 2. The lowest BCUT2D eigenvalue weighted by atomic mass is 10.0. The van der Waals surface area contributed by atoms with Crippen LogP contribution in [0.2, 0.25) is 0 Å². The molecule has 2 amide bonds. The molecule has 0 radical (unpaired) electrons.